The normalized spacial score (nSPS) is 18.0. The van der Waals surface area contributed by atoms with E-state index in [4.69, 9.17) is 4.98 Å². The minimum Gasteiger partial charge on any atom is -0.360 e. The maximum atomic E-state index is 4.70. The molecule has 0 spiro atoms. The minimum atomic E-state index is 0.305. The third-order valence-corrected chi connectivity index (χ3v) is 6.04. The molecule has 1 N–H and O–H groups in total. The molecule has 1 aliphatic carbocycles. The summed E-state index contributed by atoms with van der Waals surface area (Å²) in [5.74, 6) is 0. The number of anilines is 1. The summed E-state index contributed by atoms with van der Waals surface area (Å²) >= 11 is 1.72. The van der Waals surface area contributed by atoms with Gasteiger partial charge in [-0.3, -0.25) is 4.90 Å². The highest BCUT2D eigenvalue weighted by Gasteiger charge is 2.36. The fourth-order valence-electron chi connectivity index (χ4n) is 3.46. The Morgan fingerprint density at radius 3 is 2.71 bits per heavy atom. The molecule has 1 saturated carbocycles. The van der Waals surface area contributed by atoms with E-state index in [0.29, 0.717) is 5.54 Å². The van der Waals surface area contributed by atoms with Crippen LogP contribution >= 0.6 is 11.3 Å². The van der Waals surface area contributed by atoms with Crippen molar-refractivity contribution in [1.82, 2.24) is 19.7 Å². The Bertz CT molecular complexity index is 589. The van der Waals surface area contributed by atoms with Crippen molar-refractivity contribution in [3.05, 3.63) is 5.69 Å². The molecule has 2 aromatic heterocycles. The molecule has 3 rings (SSSR count). The van der Waals surface area contributed by atoms with E-state index in [1.807, 2.05) is 18.7 Å². The van der Waals surface area contributed by atoms with Crippen LogP contribution in [-0.2, 0) is 7.05 Å². The number of aryl methyl sites for hydroxylation is 2. The molecule has 2 aromatic rings. The number of rotatable bonds is 5. The lowest BCUT2D eigenvalue weighted by Gasteiger charge is -2.38. The second-order valence-electron chi connectivity index (χ2n) is 6.18. The number of hydrogen-bond acceptors (Lipinski definition) is 5. The Morgan fingerprint density at radius 2 is 2.10 bits per heavy atom. The fraction of sp³-hybridized carbons (Fsp3) is 0.733. The number of nitrogens with one attached hydrogen (secondary N) is 1. The lowest BCUT2D eigenvalue weighted by molar-refractivity contribution is 0.144. The molecular weight excluding hydrogens is 282 g/mol. The molecule has 0 aliphatic heterocycles. The largest absolute Gasteiger partial charge is 0.360 e. The second-order valence-corrected chi connectivity index (χ2v) is 7.18. The van der Waals surface area contributed by atoms with Crippen LogP contribution in [0.15, 0.2) is 0 Å². The number of thiazole rings is 1. The van der Waals surface area contributed by atoms with Crippen molar-refractivity contribution in [2.24, 2.45) is 7.05 Å². The standard InChI is InChI=1S/C15H25N5S/c1-5-19(3)15(8-6-7-9-15)10-16-14-17-13-12(21-14)11(2)18-20(13)4/h5-10H2,1-4H3,(H,16,17). The predicted octanol–water partition coefficient (Wildman–Crippen LogP) is 3.01. The molecule has 2 heterocycles. The van der Waals surface area contributed by atoms with Crippen LogP contribution in [0, 0.1) is 6.92 Å². The molecule has 116 valence electrons. The summed E-state index contributed by atoms with van der Waals surface area (Å²) in [6, 6.07) is 0. The zero-order valence-corrected chi connectivity index (χ0v) is 14.3. The van der Waals surface area contributed by atoms with Crippen LogP contribution in [0.25, 0.3) is 10.3 Å². The minimum absolute atomic E-state index is 0.305. The third kappa shape index (κ3) is 2.55. The van der Waals surface area contributed by atoms with Crippen LogP contribution in [0.5, 0.6) is 0 Å². The predicted molar refractivity (Wildman–Crippen MR) is 89.1 cm³/mol. The lowest BCUT2D eigenvalue weighted by atomic mass is 9.95. The summed E-state index contributed by atoms with van der Waals surface area (Å²) in [6.07, 6.45) is 5.26. The van der Waals surface area contributed by atoms with Gasteiger partial charge in [0, 0.05) is 19.1 Å². The van der Waals surface area contributed by atoms with E-state index in [0.717, 1.165) is 29.6 Å². The Kier molecular flexibility index (Phi) is 3.92. The first-order valence-corrected chi connectivity index (χ1v) is 8.62. The smallest absolute Gasteiger partial charge is 0.185 e. The highest BCUT2D eigenvalue weighted by atomic mass is 32.1. The van der Waals surface area contributed by atoms with Crippen molar-refractivity contribution in [1.29, 1.82) is 0 Å². The van der Waals surface area contributed by atoms with Gasteiger partial charge in [-0.1, -0.05) is 31.1 Å². The van der Waals surface area contributed by atoms with Crippen molar-refractivity contribution in [2.75, 3.05) is 25.5 Å². The van der Waals surface area contributed by atoms with E-state index < -0.39 is 0 Å². The molecule has 0 radical (unpaired) electrons. The molecule has 0 bridgehead atoms. The van der Waals surface area contributed by atoms with Crippen LogP contribution in [0.3, 0.4) is 0 Å². The topological polar surface area (TPSA) is 46.0 Å². The Balaban J connectivity index is 1.77. The van der Waals surface area contributed by atoms with E-state index in [2.05, 4.69) is 29.3 Å². The Morgan fingerprint density at radius 1 is 1.38 bits per heavy atom. The Hall–Kier alpha value is -1.14. The highest BCUT2D eigenvalue weighted by Crippen LogP contribution is 2.35. The zero-order valence-electron chi connectivity index (χ0n) is 13.4. The van der Waals surface area contributed by atoms with Gasteiger partial charge in [-0.05, 0) is 33.4 Å². The van der Waals surface area contributed by atoms with Crippen LogP contribution in [-0.4, -0.2) is 45.3 Å². The van der Waals surface area contributed by atoms with Crippen molar-refractivity contribution in [3.8, 4) is 0 Å². The molecule has 21 heavy (non-hydrogen) atoms. The summed E-state index contributed by atoms with van der Waals surface area (Å²) in [4.78, 5) is 7.21. The van der Waals surface area contributed by atoms with E-state index >= 15 is 0 Å². The average Bonchev–Trinajstić information content (AvgIpc) is 3.16. The quantitative estimate of drug-likeness (QED) is 0.922. The van der Waals surface area contributed by atoms with Crippen molar-refractivity contribution >= 4 is 26.8 Å². The number of likely N-dealkylation sites (N-methyl/N-ethyl adjacent to an activating group) is 1. The van der Waals surface area contributed by atoms with E-state index in [1.165, 1.54) is 30.4 Å². The maximum Gasteiger partial charge on any atom is 0.185 e. The first kappa shape index (κ1) is 14.8. The number of aromatic nitrogens is 3. The van der Waals surface area contributed by atoms with Gasteiger partial charge in [-0.15, -0.1) is 0 Å². The molecule has 1 aliphatic rings. The van der Waals surface area contributed by atoms with Crippen LogP contribution < -0.4 is 5.32 Å². The van der Waals surface area contributed by atoms with E-state index in [-0.39, 0.29) is 0 Å². The van der Waals surface area contributed by atoms with Crippen molar-refractivity contribution < 1.29 is 0 Å². The third-order valence-electron chi connectivity index (χ3n) is 4.93. The van der Waals surface area contributed by atoms with E-state index in [9.17, 15) is 0 Å². The molecule has 0 amide bonds. The summed E-state index contributed by atoms with van der Waals surface area (Å²) in [5.41, 5.74) is 2.36. The lowest BCUT2D eigenvalue weighted by Crippen LogP contribution is -2.49. The first-order chi connectivity index (χ1) is 10.1. The number of nitrogens with zero attached hydrogens (tertiary/aromatic N) is 4. The number of fused-ring (bicyclic) bond motifs is 1. The molecule has 0 unspecified atom stereocenters. The van der Waals surface area contributed by atoms with Gasteiger partial charge in [0.05, 0.1) is 10.4 Å². The molecule has 6 heteroatoms. The summed E-state index contributed by atoms with van der Waals surface area (Å²) in [5, 5.41) is 9.03. The van der Waals surface area contributed by atoms with Gasteiger partial charge >= 0.3 is 0 Å². The molecule has 5 nitrogen and oxygen atoms in total. The van der Waals surface area contributed by atoms with Crippen LogP contribution in [0.4, 0.5) is 5.13 Å². The van der Waals surface area contributed by atoms with Gasteiger partial charge < -0.3 is 5.32 Å². The van der Waals surface area contributed by atoms with Gasteiger partial charge in [0.25, 0.3) is 0 Å². The summed E-state index contributed by atoms with van der Waals surface area (Å²) < 4.78 is 3.07. The molecular formula is C15H25N5S. The Labute approximate surface area is 130 Å². The fourth-order valence-corrected chi connectivity index (χ4v) is 4.39. The van der Waals surface area contributed by atoms with Gasteiger partial charge in [-0.2, -0.15) is 5.10 Å². The highest BCUT2D eigenvalue weighted by molar-refractivity contribution is 7.22. The molecule has 0 atom stereocenters. The second kappa shape index (κ2) is 5.57. The molecule has 0 aromatic carbocycles. The summed E-state index contributed by atoms with van der Waals surface area (Å²) in [7, 11) is 4.21. The summed E-state index contributed by atoms with van der Waals surface area (Å²) in [6.45, 7) is 6.38. The van der Waals surface area contributed by atoms with Crippen LogP contribution in [0.1, 0.15) is 38.3 Å². The maximum absolute atomic E-state index is 4.70. The van der Waals surface area contributed by atoms with Gasteiger partial charge in [-0.25, -0.2) is 9.67 Å². The SMILES string of the molecule is CCN(C)C1(CNc2nc3c(s2)c(C)nn3C)CCCC1. The monoisotopic (exact) mass is 307 g/mol. The van der Waals surface area contributed by atoms with Gasteiger partial charge in [0.15, 0.2) is 10.8 Å². The van der Waals surface area contributed by atoms with E-state index in [1.54, 1.807) is 11.3 Å². The number of hydrogen-bond donors (Lipinski definition) is 1. The van der Waals surface area contributed by atoms with Gasteiger partial charge in [0.1, 0.15) is 0 Å². The van der Waals surface area contributed by atoms with Crippen molar-refractivity contribution in [2.45, 2.75) is 45.1 Å². The van der Waals surface area contributed by atoms with Crippen LogP contribution in [0.2, 0.25) is 0 Å². The molecule has 0 saturated heterocycles. The molecule has 1 fully saturated rings. The van der Waals surface area contributed by atoms with Crippen molar-refractivity contribution in [3.63, 3.8) is 0 Å². The first-order valence-electron chi connectivity index (χ1n) is 7.81. The zero-order chi connectivity index (χ0) is 15.0. The average molecular weight is 307 g/mol. The van der Waals surface area contributed by atoms with Gasteiger partial charge in [0.2, 0.25) is 0 Å².